The van der Waals surface area contributed by atoms with Crippen molar-refractivity contribution in [2.24, 2.45) is 10.2 Å². The summed E-state index contributed by atoms with van der Waals surface area (Å²) < 4.78 is 5.38. The number of hydrogen-bond acceptors (Lipinski definition) is 5. The van der Waals surface area contributed by atoms with Crippen LogP contribution >= 0.6 is 0 Å². The lowest BCUT2D eigenvalue weighted by molar-refractivity contribution is 0.101. The highest BCUT2D eigenvalue weighted by Gasteiger charge is 2.16. The van der Waals surface area contributed by atoms with Crippen LogP contribution in [-0.4, -0.2) is 11.1 Å². The predicted molar refractivity (Wildman–Crippen MR) is 121 cm³/mol. The molecule has 6 nitrogen and oxygen atoms in total. The summed E-state index contributed by atoms with van der Waals surface area (Å²) in [5.41, 5.74) is 6.17. The van der Waals surface area contributed by atoms with Gasteiger partial charge >= 0.3 is 0 Å². The van der Waals surface area contributed by atoms with Crippen molar-refractivity contribution in [3.8, 4) is 11.3 Å². The van der Waals surface area contributed by atoms with Gasteiger partial charge in [0, 0.05) is 11.6 Å². The fourth-order valence-corrected chi connectivity index (χ4v) is 3.01. The van der Waals surface area contributed by atoms with Crippen LogP contribution < -0.4 is 5.32 Å². The zero-order chi connectivity index (χ0) is 21.8. The first-order chi connectivity index (χ1) is 15.0. The Bertz CT molecular complexity index is 1240. The predicted octanol–water partition coefficient (Wildman–Crippen LogP) is 6.93. The molecule has 0 bridgehead atoms. The normalized spacial score (nSPS) is 11.1. The van der Waals surface area contributed by atoms with Gasteiger partial charge in [-0.25, -0.2) is 0 Å². The molecule has 0 saturated carbocycles. The molecule has 4 aromatic rings. The number of aromatic nitrogens is 1. The molecule has 0 unspecified atom stereocenters. The molecule has 31 heavy (non-hydrogen) atoms. The fraction of sp³-hybridized carbons (Fsp3) is 0.120. The zero-order valence-corrected chi connectivity index (χ0v) is 17.6. The monoisotopic (exact) mass is 410 g/mol. The van der Waals surface area contributed by atoms with E-state index in [1.165, 1.54) is 0 Å². The van der Waals surface area contributed by atoms with Gasteiger partial charge in [0.25, 0.3) is 5.91 Å². The van der Waals surface area contributed by atoms with Crippen LogP contribution in [0.4, 0.5) is 17.1 Å². The van der Waals surface area contributed by atoms with Crippen LogP contribution in [0.1, 0.15) is 27.2 Å². The molecule has 0 atom stereocenters. The van der Waals surface area contributed by atoms with E-state index in [0.29, 0.717) is 17.1 Å². The Labute approximate surface area is 180 Å². The first kappa shape index (κ1) is 20.2. The zero-order valence-electron chi connectivity index (χ0n) is 17.6. The second-order valence-corrected chi connectivity index (χ2v) is 7.39. The molecule has 4 rings (SSSR count). The molecule has 1 aromatic heterocycles. The Morgan fingerprint density at radius 1 is 0.871 bits per heavy atom. The molecule has 0 radical (unpaired) electrons. The standard InChI is InChI=1S/C25H22N4O2/c1-16-9-11-19(12-10-16)24-15-23(29-31-24)25(30)26-21-13-17(2)18(3)14-22(21)28-27-20-7-5-4-6-8-20/h4-15H,1-3H3,(H,26,30). The SMILES string of the molecule is Cc1ccc(-c2cc(C(=O)Nc3cc(C)c(C)cc3N=Nc3ccccc3)no2)cc1. The Morgan fingerprint density at radius 3 is 2.32 bits per heavy atom. The van der Waals surface area contributed by atoms with Crippen molar-refractivity contribution in [2.45, 2.75) is 20.8 Å². The first-order valence-corrected chi connectivity index (χ1v) is 9.93. The molecule has 0 aliphatic carbocycles. The summed E-state index contributed by atoms with van der Waals surface area (Å²) in [6.45, 7) is 5.99. The van der Waals surface area contributed by atoms with Crippen molar-refractivity contribution >= 4 is 23.0 Å². The number of azo groups is 1. The molecule has 1 amide bonds. The number of amides is 1. The van der Waals surface area contributed by atoms with E-state index in [1.807, 2.05) is 87.5 Å². The number of carbonyl (C=O) groups excluding carboxylic acids is 1. The van der Waals surface area contributed by atoms with Gasteiger partial charge in [0.2, 0.25) is 0 Å². The molecule has 154 valence electrons. The maximum atomic E-state index is 12.8. The molecule has 1 heterocycles. The van der Waals surface area contributed by atoms with E-state index < -0.39 is 0 Å². The molecule has 0 spiro atoms. The largest absolute Gasteiger partial charge is 0.355 e. The highest BCUT2D eigenvalue weighted by Crippen LogP contribution is 2.31. The lowest BCUT2D eigenvalue weighted by atomic mass is 10.1. The van der Waals surface area contributed by atoms with Gasteiger partial charge in [0.15, 0.2) is 11.5 Å². The van der Waals surface area contributed by atoms with Crippen molar-refractivity contribution in [1.29, 1.82) is 0 Å². The summed E-state index contributed by atoms with van der Waals surface area (Å²) in [5, 5.41) is 15.5. The molecule has 1 N–H and O–H groups in total. The van der Waals surface area contributed by atoms with Gasteiger partial charge < -0.3 is 9.84 Å². The smallest absolute Gasteiger partial charge is 0.277 e. The molecule has 0 aliphatic heterocycles. The molecule has 0 fully saturated rings. The number of rotatable bonds is 5. The van der Waals surface area contributed by atoms with Gasteiger partial charge in [-0.05, 0) is 56.2 Å². The minimum atomic E-state index is -0.374. The highest BCUT2D eigenvalue weighted by molar-refractivity contribution is 6.04. The lowest BCUT2D eigenvalue weighted by Crippen LogP contribution is -2.12. The summed E-state index contributed by atoms with van der Waals surface area (Å²) in [6, 6.07) is 22.7. The molecular formula is C25H22N4O2. The molecule has 0 saturated heterocycles. The van der Waals surface area contributed by atoms with E-state index in [9.17, 15) is 4.79 Å². The van der Waals surface area contributed by atoms with Crippen molar-refractivity contribution in [1.82, 2.24) is 5.16 Å². The van der Waals surface area contributed by atoms with Gasteiger partial charge in [-0.2, -0.15) is 5.11 Å². The number of benzene rings is 3. The molecule has 0 aliphatic rings. The van der Waals surface area contributed by atoms with Crippen LogP contribution in [0.25, 0.3) is 11.3 Å². The maximum Gasteiger partial charge on any atom is 0.277 e. The van der Waals surface area contributed by atoms with Crippen LogP contribution in [0, 0.1) is 20.8 Å². The molecular weight excluding hydrogens is 388 g/mol. The number of nitrogens with zero attached hydrogens (tertiary/aromatic N) is 3. The second-order valence-electron chi connectivity index (χ2n) is 7.39. The number of carbonyl (C=O) groups is 1. The van der Waals surface area contributed by atoms with Crippen LogP contribution in [0.15, 0.2) is 87.5 Å². The van der Waals surface area contributed by atoms with Crippen molar-refractivity contribution < 1.29 is 9.32 Å². The van der Waals surface area contributed by atoms with Crippen LogP contribution in [0.5, 0.6) is 0 Å². The Hall–Kier alpha value is -4.06. The third kappa shape index (κ3) is 4.75. The van der Waals surface area contributed by atoms with Gasteiger partial charge in [-0.3, -0.25) is 4.79 Å². The van der Waals surface area contributed by atoms with Crippen LogP contribution in [0.2, 0.25) is 0 Å². The van der Waals surface area contributed by atoms with E-state index in [2.05, 4.69) is 20.7 Å². The summed E-state index contributed by atoms with van der Waals surface area (Å²) in [7, 11) is 0. The van der Waals surface area contributed by atoms with E-state index in [4.69, 9.17) is 4.52 Å². The average Bonchev–Trinajstić information content (AvgIpc) is 3.27. The summed E-state index contributed by atoms with van der Waals surface area (Å²) in [5.74, 6) is 0.163. The van der Waals surface area contributed by atoms with Crippen molar-refractivity contribution in [2.75, 3.05) is 5.32 Å². The van der Waals surface area contributed by atoms with Crippen LogP contribution in [-0.2, 0) is 0 Å². The number of aryl methyl sites for hydroxylation is 3. The van der Waals surface area contributed by atoms with Gasteiger partial charge in [0.1, 0.15) is 5.69 Å². The number of hydrogen-bond donors (Lipinski definition) is 1. The lowest BCUT2D eigenvalue weighted by Gasteiger charge is -2.09. The second kappa shape index (κ2) is 8.75. The molecule has 6 heteroatoms. The number of nitrogens with one attached hydrogen (secondary N) is 1. The van der Waals surface area contributed by atoms with Gasteiger partial charge in [0.05, 0.1) is 11.4 Å². The summed E-state index contributed by atoms with van der Waals surface area (Å²) in [4.78, 5) is 12.8. The van der Waals surface area contributed by atoms with Crippen molar-refractivity contribution in [3.63, 3.8) is 0 Å². The molecule has 3 aromatic carbocycles. The Balaban J connectivity index is 1.58. The van der Waals surface area contributed by atoms with E-state index >= 15 is 0 Å². The van der Waals surface area contributed by atoms with Gasteiger partial charge in [-0.1, -0.05) is 53.2 Å². The van der Waals surface area contributed by atoms with Crippen molar-refractivity contribution in [3.05, 3.63) is 95.2 Å². The Morgan fingerprint density at radius 2 is 1.58 bits per heavy atom. The third-order valence-corrected chi connectivity index (χ3v) is 4.97. The quantitative estimate of drug-likeness (QED) is 0.362. The van der Waals surface area contributed by atoms with Crippen LogP contribution in [0.3, 0.4) is 0 Å². The average molecular weight is 410 g/mol. The van der Waals surface area contributed by atoms with E-state index in [1.54, 1.807) is 6.07 Å². The maximum absolute atomic E-state index is 12.8. The number of anilines is 1. The van der Waals surface area contributed by atoms with E-state index in [-0.39, 0.29) is 11.6 Å². The van der Waals surface area contributed by atoms with Gasteiger partial charge in [-0.15, -0.1) is 5.11 Å². The highest BCUT2D eigenvalue weighted by atomic mass is 16.5. The summed E-state index contributed by atoms with van der Waals surface area (Å²) in [6.07, 6.45) is 0. The van der Waals surface area contributed by atoms with E-state index in [0.717, 1.165) is 27.9 Å². The fourth-order valence-electron chi connectivity index (χ4n) is 3.01. The Kier molecular flexibility index (Phi) is 5.71. The minimum absolute atomic E-state index is 0.194. The minimum Gasteiger partial charge on any atom is -0.355 e. The topological polar surface area (TPSA) is 79.9 Å². The first-order valence-electron chi connectivity index (χ1n) is 9.93. The summed E-state index contributed by atoms with van der Waals surface area (Å²) >= 11 is 0. The third-order valence-electron chi connectivity index (χ3n) is 4.97.